The fourth-order valence-corrected chi connectivity index (χ4v) is 2.01. The van der Waals surface area contributed by atoms with E-state index in [0.29, 0.717) is 0 Å². The Balaban J connectivity index is 1.82. The first kappa shape index (κ1) is 12.7. The van der Waals surface area contributed by atoms with E-state index in [-0.39, 0.29) is 24.1 Å². The molecule has 0 aromatic carbocycles. The zero-order chi connectivity index (χ0) is 13.0. The number of furan rings is 1. The largest absolute Gasteiger partial charge is 0.456 e. The standard InChI is InChI=1S/C13H18N2O3/c1-2-10-5-6-11(18-10)13(17)14-9-12(16)15-7-3-4-8-15/h5-6H,2-4,7-9H2,1H3,(H,14,17). The molecule has 0 spiro atoms. The van der Waals surface area contributed by atoms with Gasteiger partial charge >= 0.3 is 0 Å². The van der Waals surface area contributed by atoms with Gasteiger partial charge in [0.15, 0.2) is 5.76 Å². The summed E-state index contributed by atoms with van der Waals surface area (Å²) in [5.74, 6) is 0.678. The topological polar surface area (TPSA) is 62.6 Å². The van der Waals surface area contributed by atoms with Crippen molar-refractivity contribution in [1.82, 2.24) is 10.2 Å². The summed E-state index contributed by atoms with van der Waals surface area (Å²) < 4.78 is 5.32. The van der Waals surface area contributed by atoms with Gasteiger partial charge in [-0.2, -0.15) is 0 Å². The third kappa shape index (κ3) is 2.91. The van der Waals surface area contributed by atoms with Crippen molar-refractivity contribution in [3.63, 3.8) is 0 Å². The van der Waals surface area contributed by atoms with Crippen molar-refractivity contribution in [3.05, 3.63) is 23.7 Å². The summed E-state index contributed by atoms with van der Waals surface area (Å²) in [5, 5.41) is 2.59. The first-order chi connectivity index (χ1) is 8.70. The third-order valence-electron chi connectivity index (χ3n) is 3.09. The summed E-state index contributed by atoms with van der Waals surface area (Å²) in [6, 6.07) is 3.41. The average molecular weight is 250 g/mol. The van der Waals surface area contributed by atoms with Gasteiger partial charge in [0.05, 0.1) is 6.54 Å². The molecule has 18 heavy (non-hydrogen) atoms. The van der Waals surface area contributed by atoms with Gasteiger partial charge in [0.2, 0.25) is 5.91 Å². The highest BCUT2D eigenvalue weighted by Crippen LogP contribution is 2.09. The van der Waals surface area contributed by atoms with Crippen molar-refractivity contribution in [1.29, 1.82) is 0 Å². The molecule has 1 N–H and O–H groups in total. The summed E-state index contributed by atoms with van der Waals surface area (Å²) in [6.45, 7) is 3.60. The maximum atomic E-state index is 11.7. The molecule has 1 aliphatic heterocycles. The molecule has 98 valence electrons. The van der Waals surface area contributed by atoms with Crippen LogP contribution >= 0.6 is 0 Å². The molecule has 0 saturated carbocycles. The van der Waals surface area contributed by atoms with Gasteiger partial charge in [0, 0.05) is 19.5 Å². The molecule has 2 heterocycles. The quantitative estimate of drug-likeness (QED) is 0.873. The van der Waals surface area contributed by atoms with Gasteiger partial charge in [-0.1, -0.05) is 6.92 Å². The lowest BCUT2D eigenvalue weighted by atomic mass is 10.3. The van der Waals surface area contributed by atoms with Crippen molar-refractivity contribution in [2.24, 2.45) is 0 Å². The molecule has 2 amide bonds. The molecule has 5 nitrogen and oxygen atoms in total. The molecule has 2 rings (SSSR count). The van der Waals surface area contributed by atoms with Crippen molar-refractivity contribution < 1.29 is 14.0 Å². The Morgan fingerprint density at radius 1 is 1.33 bits per heavy atom. The van der Waals surface area contributed by atoms with Gasteiger partial charge in [-0.3, -0.25) is 9.59 Å². The minimum absolute atomic E-state index is 0.0249. The van der Waals surface area contributed by atoms with Gasteiger partial charge in [-0.15, -0.1) is 0 Å². The predicted octanol–water partition coefficient (Wildman–Crippen LogP) is 1.19. The van der Waals surface area contributed by atoms with Gasteiger partial charge in [-0.25, -0.2) is 0 Å². The Kier molecular flexibility index (Phi) is 4.02. The second-order valence-electron chi connectivity index (χ2n) is 4.39. The molecule has 0 bridgehead atoms. The first-order valence-electron chi connectivity index (χ1n) is 6.35. The fourth-order valence-electron chi connectivity index (χ4n) is 2.01. The maximum absolute atomic E-state index is 11.7. The van der Waals surface area contributed by atoms with Crippen molar-refractivity contribution in [2.75, 3.05) is 19.6 Å². The van der Waals surface area contributed by atoms with Gasteiger partial charge in [0.25, 0.3) is 5.91 Å². The number of likely N-dealkylation sites (tertiary alicyclic amines) is 1. The maximum Gasteiger partial charge on any atom is 0.287 e. The number of amides is 2. The number of rotatable bonds is 4. The normalized spacial score (nSPS) is 14.8. The van der Waals surface area contributed by atoms with Crippen LogP contribution < -0.4 is 5.32 Å². The Morgan fingerprint density at radius 2 is 2.06 bits per heavy atom. The first-order valence-corrected chi connectivity index (χ1v) is 6.35. The van der Waals surface area contributed by atoms with Crippen molar-refractivity contribution >= 4 is 11.8 Å². The minimum atomic E-state index is -0.331. The molecule has 0 unspecified atom stereocenters. The van der Waals surface area contributed by atoms with Crippen LogP contribution in [0.4, 0.5) is 0 Å². The van der Waals surface area contributed by atoms with E-state index in [4.69, 9.17) is 4.42 Å². The molecule has 1 aliphatic rings. The van der Waals surface area contributed by atoms with E-state index >= 15 is 0 Å². The lowest BCUT2D eigenvalue weighted by Crippen LogP contribution is -2.38. The molecule has 1 saturated heterocycles. The molecule has 0 aliphatic carbocycles. The lowest BCUT2D eigenvalue weighted by Gasteiger charge is -2.14. The number of nitrogens with zero attached hydrogens (tertiary/aromatic N) is 1. The van der Waals surface area contributed by atoms with Crippen LogP contribution in [0, 0.1) is 0 Å². The fraction of sp³-hybridized carbons (Fsp3) is 0.538. The van der Waals surface area contributed by atoms with Crippen LogP contribution in [0.15, 0.2) is 16.5 Å². The van der Waals surface area contributed by atoms with Crippen LogP contribution in [-0.2, 0) is 11.2 Å². The Bertz CT molecular complexity index is 433. The van der Waals surface area contributed by atoms with Gasteiger partial charge in [0.1, 0.15) is 5.76 Å². The highest BCUT2D eigenvalue weighted by atomic mass is 16.3. The molecule has 1 aromatic heterocycles. The molecular weight excluding hydrogens is 232 g/mol. The van der Waals surface area contributed by atoms with Gasteiger partial charge < -0.3 is 14.6 Å². The van der Waals surface area contributed by atoms with E-state index in [1.54, 1.807) is 17.0 Å². The highest BCUT2D eigenvalue weighted by Gasteiger charge is 2.19. The summed E-state index contributed by atoms with van der Waals surface area (Å²) in [4.78, 5) is 25.2. The third-order valence-corrected chi connectivity index (χ3v) is 3.09. The van der Waals surface area contributed by atoms with Gasteiger partial charge in [-0.05, 0) is 25.0 Å². The summed E-state index contributed by atoms with van der Waals surface area (Å²) in [6.07, 6.45) is 2.86. The Morgan fingerprint density at radius 3 is 2.67 bits per heavy atom. The van der Waals surface area contributed by atoms with E-state index in [2.05, 4.69) is 5.32 Å². The van der Waals surface area contributed by atoms with E-state index in [1.165, 1.54) is 0 Å². The molecule has 0 atom stereocenters. The van der Waals surface area contributed by atoms with E-state index < -0.39 is 0 Å². The zero-order valence-electron chi connectivity index (χ0n) is 10.6. The van der Waals surface area contributed by atoms with Crippen LogP contribution in [0.25, 0.3) is 0 Å². The second kappa shape index (κ2) is 5.71. The molecule has 5 heteroatoms. The monoisotopic (exact) mass is 250 g/mol. The number of hydrogen-bond acceptors (Lipinski definition) is 3. The number of hydrogen-bond donors (Lipinski definition) is 1. The SMILES string of the molecule is CCc1ccc(C(=O)NCC(=O)N2CCCC2)o1. The van der Waals surface area contributed by atoms with Crippen LogP contribution in [0.3, 0.4) is 0 Å². The number of carbonyl (C=O) groups is 2. The number of nitrogens with one attached hydrogen (secondary N) is 1. The summed E-state index contributed by atoms with van der Waals surface area (Å²) >= 11 is 0. The summed E-state index contributed by atoms with van der Waals surface area (Å²) in [5.41, 5.74) is 0. The average Bonchev–Trinajstić information content (AvgIpc) is 3.05. The van der Waals surface area contributed by atoms with Crippen LogP contribution in [0.5, 0.6) is 0 Å². The van der Waals surface area contributed by atoms with Crippen LogP contribution in [0.2, 0.25) is 0 Å². The van der Waals surface area contributed by atoms with E-state index in [9.17, 15) is 9.59 Å². The van der Waals surface area contributed by atoms with Crippen molar-refractivity contribution in [3.8, 4) is 0 Å². The zero-order valence-corrected chi connectivity index (χ0v) is 10.6. The molecule has 1 fully saturated rings. The lowest BCUT2D eigenvalue weighted by molar-refractivity contribution is -0.129. The number of aryl methyl sites for hydroxylation is 1. The van der Waals surface area contributed by atoms with E-state index in [1.807, 2.05) is 6.92 Å². The molecule has 1 aromatic rings. The number of carbonyl (C=O) groups excluding carboxylic acids is 2. The molecule has 0 radical (unpaired) electrons. The Labute approximate surface area is 106 Å². The van der Waals surface area contributed by atoms with Crippen molar-refractivity contribution in [2.45, 2.75) is 26.2 Å². The Hall–Kier alpha value is -1.78. The smallest absolute Gasteiger partial charge is 0.287 e. The second-order valence-corrected chi connectivity index (χ2v) is 4.39. The van der Waals surface area contributed by atoms with Crippen LogP contribution in [-0.4, -0.2) is 36.3 Å². The summed E-state index contributed by atoms with van der Waals surface area (Å²) in [7, 11) is 0. The van der Waals surface area contributed by atoms with Crippen LogP contribution in [0.1, 0.15) is 36.1 Å². The molecular formula is C13H18N2O3. The van der Waals surface area contributed by atoms with E-state index in [0.717, 1.165) is 38.1 Å². The predicted molar refractivity (Wildman–Crippen MR) is 66.2 cm³/mol. The minimum Gasteiger partial charge on any atom is -0.456 e. The highest BCUT2D eigenvalue weighted by molar-refractivity contribution is 5.94.